The molecule has 2 aromatic carbocycles. The molecular formula is C25H25F2N3O. The highest BCUT2D eigenvalue weighted by molar-refractivity contribution is 5.83. The first-order chi connectivity index (χ1) is 14.7. The molecule has 4 nitrogen and oxygen atoms in total. The van der Waals surface area contributed by atoms with E-state index in [1.165, 1.54) is 6.07 Å². The Morgan fingerprint density at radius 3 is 2.48 bits per heavy atom. The lowest BCUT2D eigenvalue weighted by Gasteiger charge is -2.27. The smallest absolute Gasteiger partial charge is 0.213 e. The molecule has 0 N–H and O–H groups in total. The van der Waals surface area contributed by atoms with Gasteiger partial charge >= 0.3 is 0 Å². The van der Waals surface area contributed by atoms with Crippen LogP contribution in [0.3, 0.4) is 0 Å². The minimum atomic E-state index is -0.335. The number of nitrogens with zero attached hydrogens (tertiary/aromatic N) is 3. The Morgan fingerprint density at radius 2 is 1.77 bits per heavy atom. The number of hydrogen-bond acceptors (Lipinski definition) is 4. The van der Waals surface area contributed by atoms with Crippen molar-refractivity contribution in [2.24, 2.45) is 5.10 Å². The van der Waals surface area contributed by atoms with Gasteiger partial charge < -0.3 is 4.74 Å². The van der Waals surface area contributed by atoms with Gasteiger partial charge in [0.2, 0.25) is 5.88 Å². The zero-order valence-electron chi connectivity index (χ0n) is 18.1. The van der Waals surface area contributed by atoms with E-state index < -0.39 is 0 Å². The highest BCUT2D eigenvalue weighted by atomic mass is 19.1. The number of rotatable bonds is 4. The maximum absolute atomic E-state index is 14.8. The zero-order chi connectivity index (χ0) is 22.2. The quantitative estimate of drug-likeness (QED) is 0.544. The molecule has 1 aromatic heterocycles. The van der Waals surface area contributed by atoms with Gasteiger partial charge in [0.05, 0.1) is 26.4 Å². The number of benzene rings is 2. The zero-order valence-corrected chi connectivity index (χ0v) is 18.1. The van der Waals surface area contributed by atoms with Crippen LogP contribution >= 0.6 is 0 Å². The van der Waals surface area contributed by atoms with Crippen molar-refractivity contribution in [3.8, 4) is 17.0 Å². The normalized spacial score (nSPS) is 13.3. The lowest BCUT2D eigenvalue weighted by molar-refractivity contribution is 0.259. The standard InChI is InChI=1S/C25H25F2N3O/c1-25(2,3)20-9-19-13-29-30(15-21(19)23(27)12-20)14-18-6-5-16(10-22(18)26)17-7-8-28-24(11-17)31-4/h5-13H,14-15H2,1-4H3. The molecule has 0 saturated heterocycles. The number of aromatic nitrogens is 1. The summed E-state index contributed by atoms with van der Waals surface area (Å²) in [6.45, 7) is 6.70. The molecule has 1 aliphatic heterocycles. The monoisotopic (exact) mass is 421 g/mol. The molecule has 0 bridgehead atoms. The number of methoxy groups -OCH3 is 1. The Morgan fingerprint density at radius 1 is 1.00 bits per heavy atom. The summed E-state index contributed by atoms with van der Waals surface area (Å²) in [7, 11) is 1.54. The van der Waals surface area contributed by atoms with Gasteiger partial charge in [0, 0.05) is 29.0 Å². The number of fused-ring (bicyclic) bond motifs is 1. The predicted molar refractivity (Wildman–Crippen MR) is 118 cm³/mol. The number of halogens is 2. The minimum absolute atomic E-state index is 0.148. The molecule has 0 saturated carbocycles. The summed E-state index contributed by atoms with van der Waals surface area (Å²) in [4.78, 5) is 4.08. The molecule has 2 heterocycles. The van der Waals surface area contributed by atoms with E-state index in [9.17, 15) is 8.78 Å². The van der Waals surface area contributed by atoms with Crippen LogP contribution in [0.5, 0.6) is 5.88 Å². The summed E-state index contributed by atoms with van der Waals surface area (Å²) < 4.78 is 34.7. The first-order valence-corrected chi connectivity index (χ1v) is 10.2. The van der Waals surface area contributed by atoms with Gasteiger partial charge in [-0.2, -0.15) is 5.10 Å². The highest BCUT2D eigenvalue weighted by Gasteiger charge is 2.22. The van der Waals surface area contributed by atoms with Gasteiger partial charge in [-0.3, -0.25) is 5.01 Å². The van der Waals surface area contributed by atoms with Crippen LogP contribution < -0.4 is 4.74 Å². The van der Waals surface area contributed by atoms with Crippen LogP contribution in [0.1, 0.15) is 43.0 Å². The fourth-order valence-electron chi connectivity index (χ4n) is 3.59. The SMILES string of the molecule is COc1cc(-c2ccc(CN3Cc4c(F)cc(C(C)(C)C)cc4C=N3)c(F)c2)ccn1. The summed E-state index contributed by atoms with van der Waals surface area (Å²) >= 11 is 0. The summed E-state index contributed by atoms with van der Waals surface area (Å²) in [5.41, 5.74) is 4.20. The molecule has 0 unspecified atom stereocenters. The second kappa shape index (κ2) is 8.10. The van der Waals surface area contributed by atoms with E-state index in [0.29, 0.717) is 23.6 Å². The van der Waals surface area contributed by atoms with Crippen molar-refractivity contribution in [1.29, 1.82) is 0 Å². The van der Waals surface area contributed by atoms with Crippen LogP contribution in [0.25, 0.3) is 11.1 Å². The van der Waals surface area contributed by atoms with Crippen LogP contribution in [-0.4, -0.2) is 23.3 Å². The van der Waals surface area contributed by atoms with Crippen LogP contribution in [0.4, 0.5) is 8.78 Å². The average molecular weight is 421 g/mol. The fraction of sp³-hybridized carbons (Fsp3) is 0.280. The number of hydrazone groups is 1. The molecule has 0 aliphatic carbocycles. The number of hydrogen-bond donors (Lipinski definition) is 0. The van der Waals surface area contributed by atoms with Gasteiger partial charge in [-0.25, -0.2) is 13.8 Å². The maximum Gasteiger partial charge on any atom is 0.213 e. The summed E-state index contributed by atoms with van der Waals surface area (Å²) in [5, 5.41) is 6.10. The largest absolute Gasteiger partial charge is 0.481 e. The van der Waals surface area contributed by atoms with Crippen molar-refractivity contribution in [2.45, 2.75) is 39.3 Å². The van der Waals surface area contributed by atoms with Crippen LogP contribution in [0, 0.1) is 11.6 Å². The minimum Gasteiger partial charge on any atom is -0.481 e. The molecule has 0 amide bonds. The second-order valence-electron chi connectivity index (χ2n) is 8.74. The van der Waals surface area contributed by atoms with E-state index in [0.717, 1.165) is 22.3 Å². The molecule has 4 rings (SSSR count). The lowest BCUT2D eigenvalue weighted by atomic mass is 9.85. The van der Waals surface area contributed by atoms with Gasteiger partial charge in [-0.05, 0) is 46.4 Å². The Bertz CT molecular complexity index is 1150. The third kappa shape index (κ3) is 4.43. The van der Waals surface area contributed by atoms with Crippen molar-refractivity contribution in [3.05, 3.63) is 82.5 Å². The predicted octanol–water partition coefficient (Wildman–Crippen LogP) is 5.68. The molecule has 0 radical (unpaired) electrons. The van der Waals surface area contributed by atoms with Crippen molar-refractivity contribution in [1.82, 2.24) is 9.99 Å². The Kier molecular flexibility index (Phi) is 5.48. The second-order valence-corrected chi connectivity index (χ2v) is 8.74. The number of pyridine rings is 1. The highest BCUT2D eigenvalue weighted by Crippen LogP contribution is 2.30. The molecule has 0 atom stereocenters. The van der Waals surface area contributed by atoms with E-state index in [1.54, 1.807) is 48.8 Å². The van der Waals surface area contributed by atoms with Crippen molar-refractivity contribution in [2.75, 3.05) is 7.11 Å². The fourth-order valence-corrected chi connectivity index (χ4v) is 3.59. The lowest BCUT2D eigenvalue weighted by Crippen LogP contribution is -2.24. The maximum atomic E-state index is 14.8. The van der Waals surface area contributed by atoms with Crippen LogP contribution in [-0.2, 0) is 18.5 Å². The Labute approximate surface area is 181 Å². The van der Waals surface area contributed by atoms with Crippen molar-refractivity contribution < 1.29 is 13.5 Å². The molecule has 1 aliphatic rings. The van der Waals surface area contributed by atoms with Crippen LogP contribution in [0.2, 0.25) is 0 Å². The first kappa shape index (κ1) is 21.0. The van der Waals surface area contributed by atoms with E-state index in [2.05, 4.69) is 30.9 Å². The van der Waals surface area contributed by atoms with E-state index in [4.69, 9.17) is 4.74 Å². The van der Waals surface area contributed by atoms with Gasteiger partial charge in [-0.15, -0.1) is 0 Å². The molecule has 6 heteroatoms. The number of ether oxygens (including phenoxy) is 1. The van der Waals surface area contributed by atoms with Gasteiger partial charge in [0.15, 0.2) is 0 Å². The Hall–Kier alpha value is -3.28. The van der Waals surface area contributed by atoms with Crippen molar-refractivity contribution in [3.63, 3.8) is 0 Å². The molecule has 0 spiro atoms. The van der Waals surface area contributed by atoms with E-state index >= 15 is 0 Å². The molecule has 160 valence electrons. The summed E-state index contributed by atoms with van der Waals surface area (Å²) in [6, 6.07) is 12.2. The first-order valence-electron chi connectivity index (χ1n) is 10.2. The average Bonchev–Trinajstić information content (AvgIpc) is 2.75. The molecule has 3 aromatic rings. The Balaban J connectivity index is 1.54. The van der Waals surface area contributed by atoms with Crippen molar-refractivity contribution >= 4 is 6.21 Å². The van der Waals surface area contributed by atoms with E-state index in [-0.39, 0.29) is 23.6 Å². The molecule has 31 heavy (non-hydrogen) atoms. The third-order valence-electron chi connectivity index (χ3n) is 5.48. The van der Waals surface area contributed by atoms with Gasteiger partial charge in [0.25, 0.3) is 0 Å². The topological polar surface area (TPSA) is 37.7 Å². The van der Waals surface area contributed by atoms with Gasteiger partial charge in [0.1, 0.15) is 11.6 Å². The summed E-state index contributed by atoms with van der Waals surface area (Å²) in [5.74, 6) is -0.112. The van der Waals surface area contributed by atoms with Gasteiger partial charge in [-0.1, -0.05) is 32.9 Å². The summed E-state index contributed by atoms with van der Waals surface area (Å²) in [6.07, 6.45) is 3.28. The van der Waals surface area contributed by atoms with E-state index in [1.807, 2.05) is 12.1 Å². The molecular weight excluding hydrogens is 396 g/mol. The van der Waals surface area contributed by atoms with Crippen LogP contribution in [0.15, 0.2) is 53.8 Å². The molecule has 0 fully saturated rings. The third-order valence-corrected chi connectivity index (χ3v) is 5.48.